The van der Waals surface area contributed by atoms with E-state index in [1.165, 1.54) is 5.06 Å². The first-order chi connectivity index (χ1) is 6.13. The highest BCUT2D eigenvalue weighted by atomic mass is 16.5. The summed E-state index contributed by atoms with van der Waals surface area (Å²) in [6.07, 6.45) is 0.743. The maximum absolute atomic E-state index is 10.1. The zero-order chi connectivity index (χ0) is 11.2. The summed E-state index contributed by atoms with van der Waals surface area (Å²) < 4.78 is 0. The highest BCUT2D eigenvalue weighted by Gasteiger charge is 2.51. The van der Waals surface area contributed by atoms with Gasteiger partial charge in [0.15, 0.2) is 0 Å². The van der Waals surface area contributed by atoms with Crippen LogP contribution in [0.5, 0.6) is 0 Å². The van der Waals surface area contributed by atoms with Gasteiger partial charge >= 0.3 is 0 Å². The summed E-state index contributed by atoms with van der Waals surface area (Å²) in [7, 11) is 0. The van der Waals surface area contributed by atoms with Crippen LogP contribution in [0.1, 0.15) is 40.5 Å². The van der Waals surface area contributed by atoms with E-state index in [4.69, 9.17) is 5.11 Å². The molecule has 0 saturated carbocycles. The molecule has 0 bridgehead atoms. The number of hydroxylamine groups is 2. The van der Waals surface area contributed by atoms with Crippen LogP contribution >= 0.6 is 0 Å². The van der Waals surface area contributed by atoms with E-state index in [0.29, 0.717) is 12.8 Å². The fourth-order valence-corrected chi connectivity index (χ4v) is 2.75. The molecule has 0 unspecified atom stereocenters. The minimum absolute atomic E-state index is 0.256. The van der Waals surface area contributed by atoms with Gasteiger partial charge in [-0.2, -0.15) is 5.06 Å². The standard InChI is InChI=1S/C10H21NO3/c1-8(2)5-10(13,7-12)6-9(3,4)11(8)14/h12-14H,5-7H2,1-4H3. The first kappa shape index (κ1) is 11.9. The number of hydrogen-bond acceptors (Lipinski definition) is 4. The SMILES string of the molecule is CC1(C)CC(O)(CO)CC(C)(C)N1O. The van der Waals surface area contributed by atoms with Gasteiger partial charge < -0.3 is 15.4 Å². The number of aliphatic hydroxyl groups is 2. The normalized spacial score (nSPS) is 30.2. The zero-order valence-corrected chi connectivity index (χ0v) is 9.41. The third-order valence-corrected chi connectivity index (χ3v) is 2.96. The van der Waals surface area contributed by atoms with Crippen molar-refractivity contribution in [3.8, 4) is 0 Å². The van der Waals surface area contributed by atoms with E-state index in [0.717, 1.165) is 0 Å². The summed E-state index contributed by atoms with van der Waals surface area (Å²) in [4.78, 5) is 0. The van der Waals surface area contributed by atoms with E-state index in [1.807, 2.05) is 27.7 Å². The Labute approximate surface area is 85.1 Å². The molecular formula is C10H21NO3. The van der Waals surface area contributed by atoms with Crippen LogP contribution in [0, 0.1) is 0 Å². The summed E-state index contributed by atoms with van der Waals surface area (Å²) in [6.45, 7) is 7.17. The van der Waals surface area contributed by atoms with Crippen LogP contribution in [0.4, 0.5) is 0 Å². The molecule has 1 rings (SSSR count). The lowest BCUT2D eigenvalue weighted by Gasteiger charge is -2.54. The van der Waals surface area contributed by atoms with Gasteiger partial charge in [-0.3, -0.25) is 0 Å². The van der Waals surface area contributed by atoms with E-state index in [2.05, 4.69) is 0 Å². The molecule has 0 atom stereocenters. The molecule has 0 amide bonds. The van der Waals surface area contributed by atoms with Crippen LogP contribution in [-0.4, -0.2) is 43.8 Å². The maximum Gasteiger partial charge on any atom is 0.0913 e. The molecule has 0 aliphatic carbocycles. The van der Waals surface area contributed by atoms with Crippen molar-refractivity contribution in [2.24, 2.45) is 0 Å². The van der Waals surface area contributed by atoms with Crippen LogP contribution in [-0.2, 0) is 0 Å². The predicted octanol–water partition coefficient (Wildman–Crippen LogP) is 0.752. The van der Waals surface area contributed by atoms with Crippen molar-refractivity contribution in [1.82, 2.24) is 5.06 Å². The molecule has 3 N–H and O–H groups in total. The fraction of sp³-hybridized carbons (Fsp3) is 1.00. The third-order valence-electron chi connectivity index (χ3n) is 2.96. The van der Waals surface area contributed by atoms with Gasteiger partial charge in [0.1, 0.15) is 0 Å². The summed E-state index contributed by atoms with van der Waals surface area (Å²) in [5.41, 5.74) is -2.11. The van der Waals surface area contributed by atoms with E-state index in [9.17, 15) is 10.3 Å². The molecule has 1 heterocycles. The number of nitrogens with zero attached hydrogens (tertiary/aromatic N) is 1. The van der Waals surface area contributed by atoms with Gasteiger partial charge in [0, 0.05) is 11.1 Å². The van der Waals surface area contributed by atoms with Crippen LogP contribution in [0.15, 0.2) is 0 Å². The second kappa shape index (κ2) is 3.17. The number of piperidine rings is 1. The smallest absolute Gasteiger partial charge is 0.0913 e. The number of aliphatic hydroxyl groups excluding tert-OH is 1. The summed E-state index contributed by atoms with van der Waals surface area (Å²) in [5, 5.41) is 30.4. The van der Waals surface area contributed by atoms with E-state index in [1.54, 1.807) is 0 Å². The van der Waals surface area contributed by atoms with Crippen molar-refractivity contribution in [2.75, 3.05) is 6.61 Å². The van der Waals surface area contributed by atoms with Gasteiger partial charge in [-0.25, -0.2) is 0 Å². The van der Waals surface area contributed by atoms with Crippen LogP contribution < -0.4 is 0 Å². The Balaban J connectivity index is 2.97. The Kier molecular flexibility index (Phi) is 2.69. The van der Waals surface area contributed by atoms with E-state index < -0.39 is 16.7 Å². The minimum Gasteiger partial charge on any atom is -0.393 e. The fourth-order valence-electron chi connectivity index (χ4n) is 2.75. The second-order valence-electron chi connectivity index (χ2n) is 5.67. The van der Waals surface area contributed by atoms with Crippen molar-refractivity contribution < 1.29 is 15.4 Å². The molecule has 1 aliphatic heterocycles. The van der Waals surface area contributed by atoms with Crippen molar-refractivity contribution in [2.45, 2.75) is 57.2 Å². The lowest BCUT2D eigenvalue weighted by Crippen LogP contribution is -2.65. The molecule has 14 heavy (non-hydrogen) atoms. The monoisotopic (exact) mass is 203 g/mol. The largest absolute Gasteiger partial charge is 0.393 e. The Bertz CT molecular complexity index is 202. The van der Waals surface area contributed by atoms with Gasteiger partial charge in [0.2, 0.25) is 0 Å². The average Bonchev–Trinajstić information content (AvgIpc) is 1.99. The highest BCUT2D eigenvalue weighted by molar-refractivity contribution is 5.03. The summed E-state index contributed by atoms with van der Waals surface area (Å²) in [6, 6.07) is 0. The Hall–Kier alpha value is -0.160. The predicted molar refractivity (Wildman–Crippen MR) is 53.1 cm³/mol. The number of hydrogen-bond donors (Lipinski definition) is 3. The Morgan fingerprint density at radius 2 is 1.43 bits per heavy atom. The van der Waals surface area contributed by atoms with Gasteiger partial charge in [0.05, 0.1) is 12.2 Å². The average molecular weight is 203 g/mol. The van der Waals surface area contributed by atoms with E-state index >= 15 is 0 Å². The lowest BCUT2D eigenvalue weighted by atomic mass is 9.73. The first-order valence-corrected chi connectivity index (χ1v) is 4.95. The van der Waals surface area contributed by atoms with Gasteiger partial charge in [-0.1, -0.05) is 0 Å². The molecule has 1 fully saturated rings. The van der Waals surface area contributed by atoms with Crippen molar-refractivity contribution >= 4 is 0 Å². The molecule has 1 saturated heterocycles. The molecule has 4 nitrogen and oxygen atoms in total. The Morgan fingerprint density at radius 3 is 1.71 bits per heavy atom. The molecule has 0 aromatic rings. The van der Waals surface area contributed by atoms with Crippen molar-refractivity contribution in [1.29, 1.82) is 0 Å². The molecule has 0 spiro atoms. The minimum atomic E-state index is -1.08. The second-order valence-corrected chi connectivity index (χ2v) is 5.67. The molecule has 1 aliphatic rings. The molecule has 0 aromatic carbocycles. The number of rotatable bonds is 1. The summed E-state index contributed by atoms with van der Waals surface area (Å²) in [5.74, 6) is 0. The van der Waals surface area contributed by atoms with E-state index in [-0.39, 0.29) is 6.61 Å². The van der Waals surface area contributed by atoms with Gasteiger partial charge in [0.25, 0.3) is 0 Å². The molecule has 84 valence electrons. The summed E-state index contributed by atoms with van der Waals surface area (Å²) >= 11 is 0. The molecule has 4 heteroatoms. The van der Waals surface area contributed by atoms with Crippen molar-refractivity contribution in [3.05, 3.63) is 0 Å². The first-order valence-electron chi connectivity index (χ1n) is 4.95. The molecular weight excluding hydrogens is 182 g/mol. The quantitative estimate of drug-likeness (QED) is 0.588. The zero-order valence-electron chi connectivity index (χ0n) is 9.41. The maximum atomic E-state index is 10.1. The van der Waals surface area contributed by atoms with Crippen LogP contribution in [0.3, 0.4) is 0 Å². The van der Waals surface area contributed by atoms with Crippen molar-refractivity contribution in [3.63, 3.8) is 0 Å². The van der Waals surface area contributed by atoms with Crippen LogP contribution in [0.2, 0.25) is 0 Å². The highest BCUT2D eigenvalue weighted by Crippen LogP contribution is 2.41. The molecule has 0 radical (unpaired) electrons. The third kappa shape index (κ3) is 1.93. The Morgan fingerprint density at radius 1 is 1.07 bits per heavy atom. The molecule has 0 aromatic heterocycles. The van der Waals surface area contributed by atoms with Gasteiger partial charge in [-0.05, 0) is 40.5 Å². The topological polar surface area (TPSA) is 63.9 Å². The van der Waals surface area contributed by atoms with Crippen LogP contribution in [0.25, 0.3) is 0 Å². The van der Waals surface area contributed by atoms with Gasteiger partial charge in [-0.15, -0.1) is 0 Å². The lowest BCUT2D eigenvalue weighted by molar-refractivity contribution is -0.278.